The fourth-order valence-electron chi connectivity index (χ4n) is 2.72. The number of hydrogen-bond donors (Lipinski definition) is 1. The number of hydrogen-bond acceptors (Lipinski definition) is 4. The topological polar surface area (TPSA) is 67.9 Å². The van der Waals surface area contributed by atoms with Crippen molar-refractivity contribution in [3.63, 3.8) is 0 Å². The van der Waals surface area contributed by atoms with Gasteiger partial charge in [-0.1, -0.05) is 12.1 Å². The molecule has 0 aliphatic carbocycles. The van der Waals surface area contributed by atoms with Gasteiger partial charge in [-0.25, -0.2) is 0 Å². The lowest BCUT2D eigenvalue weighted by Gasteiger charge is -2.16. The smallest absolute Gasteiger partial charge is 0.262 e. The van der Waals surface area contributed by atoms with Crippen LogP contribution < -0.4 is 19.7 Å². The maximum Gasteiger partial charge on any atom is 0.262 e. The number of benzene rings is 2. The van der Waals surface area contributed by atoms with E-state index in [1.54, 1.807) is 36.3 Å². The van der Waals surface area contributed by atoms with Crippen LogP contribution in [0.4, 0.5) is 11.4 Å². The Morgan fingerprint density at radius 1 is 1.12 bits per heavy atom. The highest BCUT2D eigenvalue weighted by Crippen LogP contribution is 2.26. The first-order valence-corrected chi connectivity index (χ1v) is 8.13. The average molecular weight is 340 g/mol. The number of methoxy groups -OCH3 is 1. The van der Waals surface area contributed by atoms with Crippen LogP contribution in [0.15, 0.2) is 48.5 Å². The van der Waals surface area contributed by atoms with Crippen molar-refractivity contribution in [3.8, 4) is 11.5 Å². The Bertz CT molecular complexity index is 758. The van der Waals surface area contributed by atoms with Gasteiger partial charge in [-0.2, -0.15) is 0 Å². The lowest BCUT2D eigenvalue weighted by Crippen LogP contribution is -2.23. The Kier molecular flexibility index (Phi) is 5.18. The summed E-state index contributed by atoms with van der Waals surface area (Å²) < 4.78 is 10.7. The molecule has 25 heavy (non-hydrogen) atoms. The van der Waals surface area contributed by atoms with Crippen LogP contribution in [0.1, 0.15) is 12.8 Å². The third-order valence-electron chi connectivity index (χ3n) is 3.96. The number of anilines is 2. The van der Waals surface area contributed by atoms with Gasteiger partial charge < -0.3 is 19.7 Å². The first-order chi connectivity index (χ1) is 12.2. The molecule has 2 aromatic carbocycles. The summed E-state index contributed by atoms with van der Waals surface area (Å²) in [5.41, 5.74) is 1.51. The lowest BCUT2D eigenvalue weighted by atomic mass is 10.2. The number of amides is 2. The van der Waals surface area contributed by atoms with Gasteiger partial charge in [-0.3, -0.25) is 9.59 Å². The molecule has 0 spiro atoms. The van der Waals surface area contributed by atoms with Crippen LogP contribution in [0.3, 0.4) is 0 Å². The normalized spacial score (nSPS) is 13.6. The Hall–Kier alpha value is -3.02. The molecule has 2 amide bonds. The van der Waals surface area contributed by atoms with Gasteiger partial charge in [0.05, 0.1) is 7.11 Å². The van der Waals surface area contributed by atoms with Crippen LogP contribution in [0.5, 0.6) is 11.5 Å². The quantitative estimate of drug-likeness (QED) is 0.878. The number of nitrogens with zero attached hydrogens (tertiary/aromatic N) is 1. The van der Waals surface area contributed by atoms with Crippen molar-refractivity contribution in [1.82, 2.24) is 0 Å². The Balaban J connectivity index is 1.55. The number of carbonyl (C=O) groups excluding carboxylic acids is 2. The molecule has 0 radical (unpaired) electrons. The zero-order valence-corrected chi connectivity index (χ0v) is 14.0. The van der Waals surface area contributed by atoms with Gasteiger partial charge in [-0.05, 0) is 42.8 Å². The minimum Gasteiger partial charge on any atom is -0.493 e. The van der Waals surface area contributed by atoms with Gasteiger partial charge in [0.15, 0.2) is 18.1 Å². The summed E-state index contributed by atoms with van der Waals surface area (Å²) in [6.45, 7) is 0.629. The van der Waals surface area contributed by atoms with Crippen LogP contribution in [0.25, 0.3) is 0 Å². The fourth-order valence-corrected chi connectivity index (χ4v) is 2.72. The molecule has 0 atom stereocenters. The summed E-state index contributed by atoms with van der Waals surface area (Å²) in [5, 5.41) is 2.77. The van der Waals surface area contributed by atoms with E-state index in [1.165, 1.54) is 0 Å². The van der Waals surface area contributed by atoms with E-state index in [-0.39, 0.29) is 18.4 Å². The van der Waals surface area contributed by atoms with E-state index < -0.39 is 0 Å². The third kappa shape index (κ3) is 4.09. The van der Waals surface area contributed by atoms with Crippen LogP contribution in [0, 0.1) is 0 Å². The van der Waals surface area contributed by atoms with Crippen molar-refractivity contribution in [2.45, 2.75) is 12.8 Å². The molecule has 1 aliphatic heterocycles. The molecule has 0 bridgehead atoms. The third-order valence-corrected chi connectivity index (χ3v) is 3.96. The predicted octanol–water partition coefficient (Wildman–Crippen LogP) is 2.84. The number of ether oxygens (including phenoxy) is 2. The molecule has 1 saturated heterocycles. The van der Waals surface area contributed by atoms with E-state index in [0.717, 1.165) is 18.7 Å². The first kappa shape index (κ1) is 16.8. The number of nitrogens with one attached hydrogen (secondary N) is 1. The van der Waals surface area contributed by atoms with Crippen LogP contribution in [-0.4, -0.2) is 32.1 Å². The summed E-state index contributed by atoms with van der Waals surface area (Å²) in [6.07, 6.45) is 1.48. The second kappa shape index (κ2) is 7.70. The molecule has 2 aromatic rings. The SMILES string of the molecule is COc1ccccc1OCC(=O)Nc1ccc(N2CCCC2=O)cc1. The molecule has 6 heteroatoms. The van der Waals surface area contributed by atoms with E-state index in [4.69, 9.17) is 9.47 Å². The average Bonchev–Trinajstić information content (AvgIpc) is 3.07. The van der Waals surface area contributed by atoms with Crippen LogP contribution >= 0.6 is 0 Å². The van der Waals surface area contributed by atoms with Crippen LogP contribution in [-0.2, 0) is 9.59 Å². The van der Waals surface area contributed by atoms with Crippen molar-refractivity contribution in [1.29, 1.82) is 0 Å². The highest BCUT2D eigenvalue weighted by molar-refractivity contribution is 5.96. The predicted molar refractivity (Wildman–Crippen MR) is 95.1 cm³/mol. The molecule has 3 rings (SSSR count). The van der Waals surface area contributed by atoms with Gasteiger partial charge in [-0.15, -0.1) is 0 Å². The van der Waals surface area contributed by atoms with E-state index in [9.17, 15) is 9.59 Å². The lowest BCUT2D eigenvalue weighted by molar-refractivity contribution is -0.118. The molecule has 1 N–H and O–H groups in total. The zero-order chi connectivity index (χ0) is 17.6. The van der Waals surface area contributed by atoms with E-state index in [1.807, 2.05) is 24.3 Å². The van der Waals surface area contributed by atoms with Crippen molar-refractivity contribution in [3.05, 3.63) is 48.5 Å². The van der Waals surface area contributed by atoms with E-state index in [2.05, 4.69) is 5.32 Å². The second-order valence-corrected chi connectivity index (χ2v) is 5.68. The summed E-state index contributed by atoms with van der Waals surface area (Å²) in [4.78, 5) is 25.5. The van der Waals surface area contributed by atoms with E-state index >= 15 is 0 Å². The minimum atomic E-state index is -0.268. The molecule has 6 nitrogen and oxygen atoms in total. The Morgan fingerprint density at radius 2 is 1.84 bits per heavy atom. The summed E-state index contributed by atoms with van der Waals surface area (Å²) in [5.74, 6) is 0.968. The standard InChI is InChI=1S/C19H20N2O4/c1-24-16-5-2-3-6-17(16)25-13-18(22)20-14-8-10-15(11-9-14)21-12-4-7-19(21)23/h2-3,5-6,8-11H,4,7,12-13H2,1H3,(H,20,22). The summed E-state index contributed by atoms with van der Waals surface area (Å²) >= 11 is 0. The molecule has 1 aliphatic rings. The molecular formula is C19H20N2O4. The van der Waals surface area contributed by atoms with Crippen molar-refractivity contribution in [2.75, 3.05) is 30.5 Å². The summed E-state index contributed by atoms with van der Waals surface area (Å²) in [6, 6.07) is 14.4. The fraction of sp³-hybridized carbons (Fsp3) is 0.263. The van der Waals surface area contributed by atoms with Crippen molar-refractivity contribution in [2.24, 2.45) is 0 Å². The largest absolute Gasteiger partial charge is 0.493 e. The molecular weight excluding hydrogens is 320 g/mol. The highest BCUT2D eigenvalue weighted by atomic mass is 16.5. The first-order valence-electron chi connectivity index (χ1n) is 8.13. The summed E-state index contributed by atoms with van der Waals surface area (Å²) in [7, 11) is 1.55. The zero-order valence-electron chi connectivity index (χ0n) is 14.0. The van der Waals surface area contributed by atoms with Crippen molar-refractivity contribution < 1.29 is 19.1 Å². The van der Waals surface area contributed by atoms with Gasteiger partial charge in [0.1, 0.15) is 0 Å². The van der Waals surface area contributed by atoms with Crippen LogP contribution in [0.2, 0.25) is 0 Å². The molecule has 1 fully saturated rings. The highest BCUT2D eigenvalue weighted by Gasteiger charge is 2.21. The molecule has 130 valence electrons. The monoisotopic (exact) mass is 340 g/mol. The number of para-hydroxylation sites is 2. The molecule has 1 heterocycles. The number of rotatable bonds is 6. The van der Waals surface area contributed by atoms with Crippen molar-refractivity contribution >= 4 is 23.2 Å². The minimum absolute atomic E-state index is 0.118. The molecule has 0 saturated carbocycles. The maximum atomic E-state index is 12.0. The Morgan fingerprint density at radius 3 is 2.48 bits per heavy atom. The Labute approximate surface area is 146 Å². The molecule has 0 unspecified atom stereocenters. The van der Waals surface area contributed by atoms with Gasteiger partial charge >= 0.3 is 0 Å². The molecule has 0 aromatic heterocycles. The van der Waals surface area contributed by atoms with E-state index in [0.29, 0.717) is 23.6 Å². The van der Waals surface area contributed by atoms with Gasteiger partial charge in [0.25, 0.3) is 5.91 Å². The van der Waals surface area contributed by atoms with Gasteiger partial charge in [0, 0.05) is 24.3 Å². The van der Waals surface area contributed by atoms with Gasteiger partial charge in [0.2, 0.25) is 5.91 Å². The maximum absolute atomic E-state index is 12.0. The number of carbonyl (C=O) groups is 2. The second-order valence-electron chi connectivity index (χ2n) is 5.68.